The maximum Gasteiger partial charge on any atom is 0.322 e. The van der Waals surface area contributed by atoms with E-state index in [2.05, 4.69) is 0 Å². The summed E-state index contributed by atoms with van der Waals surface area (Å²) in [5, 5.41) is 2.11. The number of benzene rings is 3. The number of carbonyl (C=O) groups is 2. The molecule has 0 aliphatic carbocycles. The van der Waals surface area contributed by atoms with Crippen LogP contribution in [0.4, 0.5) is 0 Å². The molecule has 126 valence electrons. The first-order valence-electron chi connectivity index (χ1n) is 8.55. The van der Waals surface area contributed by atoms with Gasteiger partial charge in [0.15, 0.2) is 5.78 Å². The molecular formula is C22H20O3. The number of esters is 1. The predicted molar refractivity (Wildman–Crippen MR) is 98.9 cm³/mol. The fraction of sp³-hybridized carbons (Fsp3) is 0.182. The molecule has 1 aliphatic rings. The van der Waals surface area contributed by atoms with Gasteiger partial charge in [0.1, 0.15) is 11.7 Å². The van der Waals surface area contributed by atoms with Crippen molar-refractivity contribution in [2.75, 3.05) is 0 Å². The molecule has 3 aromatic carbocycles. The lowest BCUT2D eigenvalue weighted by Gasteiger charge is -2.23. The van der Waals surface area contributed by atoms with Gasteiger partial charge in [0, 0.05) is 11.1 Å². The van der Waals surface area contributed by atoms with Crippen molar-refractivity contribution in [2.45, 2.75) is 20.3 Å². The van der Waals surface area contributed by atoms with Crippen LogP contribution < -0.4 is 4.74 Å². The molecule has 1 aliphatic heterocycles. The molecule has 25 heavy (non-hydrogen) atoms. The number of hydrogen-bond acceptors (Lipinski definition) is 3. The number of hydrogen-bond donors (Lipinski definition) is 0. The van der Waals surface area contributed by atoms with E-state index in [-0.39, 0.29) is 5.78 Å². The maximum atomic E-state index is 12.7. The Hall–Kier alpha value is -2.94. The lowest BCUT2D eigenvalue weighted by Crippen LogP contribution is -2.34. The summed E-state index contributed by atoms with van der Waals surface area (Å²) >= 11 is 0. The van der Waals surface area contributed by atoms with Crippen LogP contribution in [0, 0.1) is 5.92 Å². The number of fused-ring (bicyclic) bond motifs is 3. The van der Waals surface area contributed by atoms with E-state index in [1.165, 1.54) is 0 Å². The van der Waals surface area contributed by atoms with Gasteiger partial charge in [0.25, 0.3) is 0 Å². The fourth-order valence-electron chi connectivity index (χ4n) is 3.09. The molecule has 3 nitrogen and oxygen atoms in total. The van der Waals surface area contributed by atoms with Crippen LogP contribution in [0.15, 0.2) is 66.7 Å². The second kappa shape index (κ2) is 7.31. The van der Waals surface area contributed by atoms with E-state index in [0.29, 0.717) is 17.7 Å². The summed E-state index contributed by atoms with van der Waals surface area (Å²) in [6.07, 6.45) is 0.378. The quantitative estimate of drug-likeness (QED) is 0.292. The van der Waals surface area contributed by atoms with Gasteiger partial charge in [-0.1, -0.05) is 74.5 Å². The monoisotopic (exact) mass is 332 g/mol. The van der Waals surface area contributed by atoms with E-state index >= 15 is 0 Å². The van der Waals surface area contributed by atoms with Crippen molar-refractivity contribution in [3.05, 3.63) is 77.9 Å². The molecule has 0 N–H and O–H groups in total. The molecular weight excluding hydrogens is 312 g/mol. The van der Waals surface area contributed by atoms with Crippen LogP contribution in [-0.4, -0.2) is 11.8 Å². The molecule has 1 unspecified atom stereocenters. The highest BCUT2D eigenvalue weighted by atomic mass is 16.5. The number of ether oxygens (including phenoxy) is 1. The second-order valence-electron chi connectivity index (χ2n) is 5.67. The molecule has 4 rings (SSSR count). The zero-order valence-electron chi connectivity index (χ0n) is 14.4. The van der Waals surface area contributed by atoms with Gasteiger partial charge in [0.2, 0.25) is 0 Å². The zero-order valence-corrected chi connectivity index (χ0v) is 14.4. The van der Waals surface area contributed by atoms with Gasteiger partial charge in [-0.15, -0.1) is 0 Å². The zero-order chi connectivity index (χ0) is 17.8. The first-order valence-corrected chi connectivity index (χ1v) is 8.55. The second-order valence-corrected chi connectivity index (χ2v) is 5.67. The van der Waals surface area contributed by atoms with E-state index in [1.807, 2.05) is 50.2 Å². The molecule has 0 amide bonds. The van der Waals surface area contributed by atoms with Crippen molar-refractivity contribution in [2.24, 2.45) is 5.92 Å². The minimum absolute atomic E-state index is 0.186. The third-order valence-electron chi connectivity index (χ3n) is 4.28. The van der Waals surface area contributed by atoms with Crippen LogP contribution in [-0.2, 0) is 11.2 Å². The van der Waals surface area contributed by atoms with Crippen LogP contribution >= 0.6 is 0 Å². The van der Waals surface area contributed by atoms with Gasteiger partial charge in [-0.25, -0.2) is 0 Å². The van der Waals surface area contributed by atoms with Crippen molar-refractivity contribution in [1.82, 2.24) is 0 Å². The Bertz CT molecular complexity index is 913. The predicted octanol–water partition coefficient (Wildman–Crippen LogP) is 4.83. The molecule has 0 fully saturated rings. The third kappa shape index (κ3) is 3.18. The summed E-state index contributed by atoms with van der Waals surface area (Å²) in [6.45, 7) is 4.00. The largest absolute Gasteiger partial charge is 0.426 e. The Morgan fingerprint density at radius 3 is 2.36 bits per heavy atom. The standard InChI is InChI=1S/C20H14O3.C2H6/c21-19(14-7-2-1-3-8-14)17-12-16-15-9-5-4-6-13(15)10-11-18(16)23-20(17)22;1-2/h1-11,17H,12H2;1-2H3. The first-order chi connectivity index (χ1) is 12.2. The Morgan fingerprint density at radius 2 is 1.60 bits per heavy atom. The Morgan fingerprint density at radius 1 is 0.920 bits per heavy atom. The summed E-state index contributed by atoms with van der Waals surface area (Å²) < 4.78 is 5.44. The average Bonchev–Trinajstić information content (AvgIpc) is 2.69. The summed E-state index contributed by atoms with van der Waals surface area (Å²) in [6, 6.07) is 20.6. The van der Waals surface area contributed by atoms with Gasteiger partial charge in [0.05, 0.1) is 0 Å². The van der Waals surface area contributed by atoms with Gasteiger partial charge < -0.3 is 4.74 Å². The van der Waals surface area contributed by atoms with E-state index in [9.17, 15) is 9.59 Å². The lowest BCUT2D eigenvalue weighted by molar-refractivity contribution is -0.138. The highest BCUT2D eigenvalue weighted by Gasteiger charge is 2.35. The molecule has 3 heteroatoms. The number of Topliss-reactive ketones (excluding diaryl/α,β-unsaturated/α-hetero) is 1. The molecule has 1 atom stereocenters. The summed E-state index contributed by atoms with van der Waals surface area (Å²) in [7, 11) is 0. The Labute approximate surface area is 147 Å². The van der Waals surface area contributed by atoms with Crippen molar-refractivity contribution in [3.63, 3.8) is 0 Å². The van der Waals surface area contributed by atoms with Crippen LogP contribution in [0.5, 0.6) is 5.75 Å². The number of ketones is 1. The normalized spacial score (nSPS) is 15.6. The number of rotatable bonds is 2. The van der Waals surface area contributed by atoms with Crippen molar-refractivity contribution >= 4 is 22.5 Å². The Balaban J connectivity index is 0.000000880. The Kier molecular flexibility index (Phi) is 4.94. The highest BCUT2D eigenvalue weighted by molar-refractivity contribution is 6.10. The molecule has 0 spiro atoms. The molecule has 0 radical (unpaired) electrons. The van der Waals surface area contributed by atoms with Crippen LogP contribution in [0.1, 0.15) is 29.8 Å². The van der Waals surface area contributed by atoms with E-state index in [0.717, 1.165) is 16.3 Å². The molecule has 0 saturated heterocycles. The van der Waals surface area contributed by atoms with Gasteiger partial charge >= 0.3 is 5.97 Å². The third-order valence-corrected chi connectivity index (χ3v) is 4.28. The fourth-order valence-corrected chi connectivity index (χ4v) is 3.09. The maximum absolute atomic E-state index is 12.7. The molecule has 1 heterocycles. The smallest absolute Gasteiger partial charge is 0.322 e. The van der Waals surface area contributed by atoms with Crippen LogP contribution in [0.3, 0.4) is 0 Å². The van der Waals surface area contributed by atoms with Crippen molar-refractivity contribution in [1.29, 1.82) is 0 Å². The van der Waals surface area contributed by atoms with E-state index in [4.69, 9.17) is 4.74 Å². The van der Waals surface area contributed by atoms with E-state index in [1.54, 1.807) is 30.3 Å². The van der Waals surface area contributed by atoms with Crippen LogP contribution in [0.2, 0.25) is 0 Å². The minimum atomic E-state index is -0.782. The molecule has 0 saturated carbocycles. The highest BCUT2D eigenvalue weighted by Crippen LogP contribution is 2.35. The minimum Gasteiger partial charge on any atom is -0.426 e. The summed E-state index contributed by atoms with van der Waals surface area (Å²) in [4.78, 5) is 24.9. The molecule has 0 aromatic heterocycles. The average molecular weight is 332 g/mol. The summed E-state index contributed by atoms with van der Waals surface area (Å²) in [5.41, 5.74) is 1.47. The van der Waals surface area contributed by atoms with Gasteiger partial charge in [-0.3, -0.25) is 9.59 Å². The van der Waals surface area contributed by atoms with Crippen molar-refractivity contribution in [3.8, 4) is 5.75 Å². The van der Waals surface area contributed by atoms with Gasteiger partial charge in [-0.2, -0.15) is 0 Å². The van der Waals surface area contributed by atoms with Gasteiger partial charge in [-0.05, 0) is 23.3 Å². The van der Waals surface area contributed by atoms with Crippen molar-refractivity contribution < 1.29 is 14.3 Å². The molecule has 0 bridgehead atoms. The van der Waals surface area contributed by atoms with Crippen LogP contribution in [0.25, 0.3) is 10.8 Å². The van der Waals surface area contributed by atoms with E-state index < -0.39 is 11.9 Å². The lowest BCUT2D eigenvalue weighted by atomic mass is 9.87. The topological polar surface area (TPSA) is 43.4 Å². The molecule has 3 aromatic rings. The first kappa shape index (κ1) is 16.9. The number of carbonyl (C=O) groups excluding carboxylic acids is 2. The summed E-state index contributed by atoms with van der Waals surface area (Å²) in [5.74, 6) is -0.877. The SMILES string of the molecule is CC.O=C1Oc2ccc3ccccc3c2CC1C(=O)c1ccccc1.